The van der Waals surface area contributed by atoms with Gasteiger partial charge in [-0.05, 0) is 52.0 Å². The summed E-state index contributed by atoms with van der Waals surface area (Å²) in [5.74, 6) is -1.54. The monoisotopic (exact) mass is 329 g/mol. The van der Waals surface area contributed by atoms with Crippen molar-refractivity contribution in [2.75, 3.05) is 6.54 Å². The number of carboxylic acid groups (broad SMARTS) is 1. The van der Waals surface area contributed by atoms with Crippen LogP contribution in [0.5, 0.6) is 0 Å². The molecule has 1 aliphatic rings. The first-order valence-electron chi connectivity index (χ1n) is 7.70. The summed E-state index contributed by atoms with van der Waals surface area (Å²) >= 11 is 0. The molecule has 0 aromatic heterocycles. The number of alkyl carbamates (subject to hydrolysis) is 1. The molecule has 1 rings (SSSR count). The number of carbonyl (C=O) groups excluding carboxylic acids is 2. The molecule has 4 N–H and O–H groups in total. The first kappa shape index (κ1) is 21.0. The molecule has 9 nitrogen and oxygen atoms in total. The van der Waals surface area contributed by atoms with E-state index in [-0.39, 0.29) is 0 Å². The number of quaternary nitrogens is 1. The summed E-state index contributed by atoms with van der Waals surface area (Å²) in [5.41, 5.74) is 11.3. The van der Waals surface area contributed by atoms with Crippen molar-refractivity contribution in [3.8, 4) is 0 Å². The van der Waals surface area contributed by atoms with E-state index in [1.54, 1.807) is 20.8 Å². The van der Waals surface area contributed by atoms with Crippen LogP contribution in [-0.2, 0) is 9.53 Å². The van der Waals surface area contributed by atoms with E-state index in [2.05, 4.69) is 15.8 Å². The van der Waals surface area contributed by atoms with Crippen LogP contribution in [0.1, 0.15) is 52.9 Å². The van der Waals surface area contributed by atoms with Crippen LogP contribution in [0.25, 0.3) is 10.4 Å². The van der Waals surface area contributed by atoms with Gasteiger partial charge in [0.2, 0.25) is 0 Å². The van der Waals surface area contributed by atoms with Gasteiger partial charge in [-0.1, -0.05) is 11.5 Å². The second kappa shape index (κ2) is 10.7. The van der Waals surface area contributed by atoms with Crippen molar-refractivity contribution in [2.45, 2.75) is 70.6 Å². The number of nitrogens with zero attached hydrogens (tertiary/aromatic N) is 3. The predicted molar refractivity (Wildman–Crippen MR) is 81.9 cm³/mol. The number of azide groups is 1. The number of aliphatic carboxylic acids is 1. The highest BCUT2D eigenvalue weighted by atomic mass is 16.6. The van der Waals surface area contributed by atoms with Crippen LogP contribution in [0.2, 0.25) is 0 Å². The molecule has 0 aromatic rings. The van der Waals surface area contributed by atoms with Gasteiger partial charge in [0, 0.05) is 4.91 Å². The number of hydrogen-bond acceptors (Lipinski definition) is 5. The standard InChI is InChI=1S/C8H14N4O4.C6H13N/c1-8(2,3)16-7(15)11-5(6(13)14)4-10-12-9;7-6-4-2-1-3-5-6/h5H,4H2,1-3H3,(H,11,15)(H,13,14);6H,1-5,7H2/t5-;/m1./s1. The fraction of sp³-hybridized carbons (Fsp3) is 0.857. The lowest BCUT2D eigenvalue weighted by Gasteiger charge is -2.23. The quantitative estimate of drug-likeness (QED) is 0.437. The topological polar surface area (TPSA) is 155 Å². The van der Waals surface area contributed by atoms with E-state index in [0.717, 1.165) is 6.04 Å². The number of rotatable bonds is 4. The van der Waals surface area contributed by atoms with Crippen molar-refractivity contribution >= 4 is 12.1 Å². The third-order valence-corrected chi connectivity index (χ3v) is 3.03. The highest BCUT2D eigenvalue weighted by molar-refractivity contribution is 5.78. The average molecular weight is 329 g/mol. The van der Waals surface area contributed by atoms with Crippen LogP contribution in [0.4, 0.5) is 4.79 Å². The fourth-order valence-electron chi connectivity index (χ4n) is 1.93. The fourth-order valence-corrected chi connectivity index (χ4v) is 1.93. The zero-order valence-corrected chi connectivity index (χ0v) is 14.1. The second-order valence-corrected chi connectivity index (χ2v) is 6.44. The number of nitrogens with one attached hydrogen (secondary N) is 1. The predicted octanol–water partition coefficient (Wildman–Crippen LogP) is 0.501. The number of carboxylic acids is 1. The Bertz CT molecular complexity index is 423. The molecule has 1 aliphatic carbocycles. The molecular formula is C14H27N5O4. The highest BCUT2D eigenvalue weighted by Crippen LogP contribution is 2.13. The summed E-state index contributed by atoms with van der Waals surface area (Å²) in [6.45, 7) is 4.47. The maximum Gasteiger partial charge on any atom is 0.408 e. The molecule has 132 valence electrons. The smallest absolute Gasteiger partial charge is 0.408 e. The van der Waals surface area contributed by atoms with E-state index in [1.165, 1.54) is 32.1 Å². The number of amides is 1. The Morgan fingerprint density at radius 1 is 1.39 bits per heavy atom. The van der Waals surface area contributed by atoms with E-state index in [4.69, 9.17) is 10.3 Å². The molecule has 0 unspecified atom stereocenters. The van der Waals surface area contributed by atoms with Crippen molar-refractivity contribution in [1.29, 1.82) is 0 Å². The lowest BCUT2D eigenvalue weighted by atomic mass is 9.97. The maximum absolute atomic E-state index is 11.2. The van der Waals surface area contributed by atoms with E-state index < -0.39 is 30.3 Å². The Balaban J connectivity index is 0.000000568. The molecule has 0 saturated heterocycles. The van der Waals surface area contributed by atoms with Crippen LogP contribution in [0, 0.1) is 0 Å². The number of carbonyl (C=O) groups is 2. The minimum Gasteiger partial charge on any atom is -0.548 e. The van der Waals surface area contributed by atoms with Gasteiger partial charge in [-0.3, -0.25) is 0 Å². The molecule has 9 heteroatoms. The van der Waals surface area contributed by atoms with Gasteiger partial charge < -0.3 is 25.7 Å². The molecule has 0 spiro atoms. The average Bonchev–Trinajstić information content (AvgIpc) is 2.42. The van der Waals surface area contributed by atoms with Crippen molar-refractivity contribution in [1.82, 2.24) is 5.32 Å². The first-order chi connectivity index (χ1) is 10.7. The summed E-state index contributed by atoms with van der Waals surface area (Å²) in [7, 11) is 0. The largest absolute Gasteiger partial charge is 0.548 e. The van der Waals surface area contributed by atoms with Crippen LogP contribution in [0.15, 0.2) is 5.11 Å². The molecule has 0 aromatic carbocycles. The first-order valence-corrected chi connectivity index (χ1v) is 7.70. The summed E-state index contributed by atoms with van der Waals surface area (Å²) in [5, 5.41) is 15.6. The molecule has 0 aliphatic heterocycles. The molecule has 0 heterocycles. The summed E-state index contributed by atoms with van der Waals surface area (Å²) in [6.07, 6.45) is 6.14. The number of hydrogen-bond donors (Lipinski definition) is 2. The van der Waals surface area contributed by atoms with Gasteiger partial charge in [0.1, 0.15) is 5.60 Å². The van der Waals surface area contributed by atoms with Gasteiger partial charge in [0.05, 0.1) is 24.6 Å². The van der Waals surface area contributed by atoms with Crippen LogP contribution >= 0.6 is 0 Å². The van der Waals surface area contributed by atoms with E-state index in [0.29, 0.717) is 0 Å². The molecule has 23 heavy (non-hydrogen) atoms. The summed E-state index contributed by atoms with van der Waals surface area (Å²) in [4.78, 5) is 24.1. The Labute approximate surface area is 136 Å². The van der Waals surface area contributed by atoms with Gasteiger partial charge >= 0.3 is 6.09 Å². The minimum atomic E-state index is -1.54. The Morgan fingerprint density at radius 2 is 1.96 bits per heavy atom. The van der Waals surface area contributed by atoms with Crippen molar-refractivity contribution < 1.29 is 25.2 Å². The van der Waals surface area contributed by atoms with Crippen molar-refractivity contribution in [3.63, 3.8) is 0 Å². The zero-order chi connectivity index (χ0) is 17.9. The second-order valence-electron chi connectivity index (χ2n) is 6.44. The van der Waals surface area contributed by atoms with E-state index in [1.807, 2.05) is 5.32 Å². The van der Waals surface area contributed by atoms with E-state index >= 15 is 0 Å². The molecule has 0 bridgehead atoms. The minimum absolute atomic E-state index is 0.432. The molecule has 1 atom stereocenters. The van der Waals surface area contributed by atoms with Gasteiger partial charge in [0.15, 0.2) is 0 Å². The van der Waals surface area contributed by atoms with Crippen LogP contribution in [0.3, 0.4) is 0 Å². The van der Waals surface area contributed by atoms with Gasteiger partial charge in [-0.25, -0.2) is 4.79 Å². The van der Waals surface area contributed by atoms with Gasteiger partial charge in [0.25, 0.3) is 0 Å². The van der Waals surface area contributed by atoms with E-state index in [9.17, 15) is 14.7 Å². The maximum atomic E-state index is 11.2. The lowest BCUT2D eigenvalue weighted by Crippen LogP contribution is -2.61. The zero-order valence-electron chi connectivity index (χ0n) is 14.1. The molecular weight excluding hydrogens is 302 g/mol. The Kier molecular flexibility index (Phi) is 9.76. The van der Waals surface area contributed by atoms with Gasteiger partial charge in [-0.2, -0.15) is 0 Å². The van der Waals surface area contributed by atoms with Crippen molar-refractivity contribution in [2.24, 2.45) is 5.11 Å². The van der Waals surface area contributed by atoms with Gasteiger partial charge in [-0.15, -0.1) is 0 Å². The normalized spacial score (nSPS) is 16.2. The Morgan fingerprint density at radius 3 is 2.30 bits per heavy atom. The van der Waals surface area contributed by atoms with Crippen LogP contribution in [-0.4, -0.2) is 36.3 Å². The van der Waals surface area contributed by atoms with Crippen molar-refractivity contribution in [3.05, 3.63) is 10.4 Å². The summed E-state index contributed by atoms with van der Waals surface area (Å²) < 4.78 is 4.82. The molecule has 1 saturated carbocycles. The highest BCUT2D eigenvalue weighted by Gasteiger charge is 2.19. The lowest BCUT2D eigenvalue weighted by molar-refractivity contribution is -0.425. The molecule has 0 radical (unpaired) electrons. The van der Waals surface area contributed by atoms with Crippen LogP contribution < -0.4 is 16.2 Å². The molecule has 1 amide bonds. The SMILES string of the molecule is CC(C)(C)OC(=O)N[C@H](CN=[N+]=[N-])C(=O)[O-].[NH3+]C1CCCCC1. The summed E-state index contributed by atoms with van der Waals surface area (Å²) in [6, 6.07) is -0.612. The molecule has 1 fully saturated rings. The number of ether oxygens (including phenoxy) is 1. The third kappa shape index (κ3) is 12.3. The third-order valence-electron chi connectivity index (χ3n) is 3.03. The Hall–Kier alpha value is -1.99.